The lowest BCUT2D eigenvalue weighted by Crippen LogP contribution is -2.18. The van der Waals surface area contributed by atoms with Gasteiger partial charge in [0.25, 0.3) is 0 Å². The lowest BCUT2D eigenvalue weighted by molar-refractivity contribution is 0.648. The lowest BCUT2D eigenvalue weighted by Gasteiger charge is -2.16. The molecule has 0 radical (unpaired) electrons. The molecular weight excluding hydrogens is 252 g/mol. The number of nitrogens with one attached hydrogen (secondary N) is 1. The van der Waals surface area contributed by atoms with Crippen LogP contribution in [0.4, 0.5) is 5.82 Å². The van der Waals surface area contributed by atoms with Gasteiger partial charge in [-0.05, 0) is 65.6 Å². The molecule has 1 heterocycles. The molecule has 2 aliphatic carbocycles. The Morgan fingerprint density at radius 2 is 2.07 bits per heavy atom. The van der Waals surface area contributed by atoms with Gasteiger partial charge in [-0.1, -0.05) is 0 Å². The number of pyridine rings is 1. The molecular formula is C12H15BrN2. The van der Waals surface area contributed by atoms with E-state index in [9.17, 15) is 0 Å². The van der Waals surface area contributed by atoms with Crippen LogP contribution in [0.3, 0.4) is 0 Å². The summed E-state index contributed by atoms with van der Waals surface area (Å²) in [4.78, 5) is 4.42. The summed E-state index contributed by atoms with van der Waals surface area (Å²) in [5, 5.41) is 3.57. The maximum atomic E-state index is 4.42. The highest BCUT2D eigenvalue weighted by molar-refractivity contribution is 9.10. The van der Waals surface area contributed by atoms with Gasteiger partial charge in [-0.2, -0.15) is 0 Å². The highest BCUT2D eigenvalue weighted by Crippen LogP contribution is 2.52. The monoisotopic (exact) mass is 266 g/mol. The molecule has 2 nitrogen and oxygen atoms in total. The number of hydrogen-bond donors (Lipinski definition) is 1. The van der Waals surface area contributed by atoms with Crippen molar-refractivity contribution < 1.29 is 0 Å². The fraction of sp³-hybridized carbons (Fsp3) is 0.583. The Morgan fingerprint density at radius 3 is 2.73 bits per heavy atom. The average molecular weight is 267 g/mol. The minimum Gasteiger partial charge on any atom is -0.367 e. The second kappa shape index (κ2) is 3.48. The first-order chi connectivity index (χ1) is 7.22. The highest BCUT2D eigenvalue weighted by Gasteiger charge is 2.45. The molecule has 1 aromatic heterocycles. The zero-order valence-electron chi connectivity index (χ0n) is 8.83. The second-order valence-electron chi connectivity index (χ2n) is 4.89. The predicted molar refractivity (Wildman–Crippen MR) is 64.9 cm³/mol. The van der Waals surface area contributed by atoms with Gasteiger partial charge in [0.05, 0.1) is 0 Å². The highest BCUT2D eigenvalue weighted by atomic mass is 79.9. The molecule has 3 rings (SSSR count). The van der Waals surface area contributed by atoms with Crippen LogP contribution in [-0.4, -0.2) is 11.0 Å². The summed E-state index contributed by atoms with van der Waals surface area (Å²) in [5.74, 6) is 3.11. The third kappa shape index (κ3) is 1.89. The van der Waals surface area contributed by atoms with Gasteiger partial charge in [-0.25, -0.2) is 4.98 Å². The van der Waals surface area contributed by atoms with Crippen LogP contribution in [0.1, 0.15) is 24.8 Å². The molecule has 15 heavy (non-hydrogen) atoms. The van der Waals surface area contributed by atoms with Crippen LogP contribution in [-0.2, 0) is 0 Å². The van der Waals surface area contributed by atoms with E-state index in [4.69, 9.17) is 0 Å². The Bertz CT molecular complexity index is 381. The van der Waals surface area contributed by atoms with Gasteiger partial charge in [-0.15, -0.1) is 0 Å². The van der Waals surface area contributed by atoms with Gasteiger partial charge < -0.3 is 5.32 Å². The summed E-state index contributed by atoms with van der Waals surface area (Å²) in [5.41, 5.74) is 1.23. The van der Waals surface area contributed by atoms with Crippen molar-refractivity contribution in [3.05, 3.63) is 22.3 Å². The summed E-state index contributed by atoms with van der Waals surface area (Å²) < 4.78 is 1.06. The van der Waals surface area contributed by atoms with Crippen molar-refractivity contribution in [2.24, 2.45) is 11.8 Å². The Kier molecular flexibility index (Phi) is 2.23. The van der Waals surface area contributed by atoms with Crippen LogP contribution in [0.5, 0.6) is 0 Å². The quantitative estimate of drug-likeness (QED) is 0.888. The topological polar surface area (TPSA) is 24.9 Å². The number of anilines is 1. The van der Waals surface area contributed by atoms with Crippen LogP contribution in [0.25, 0.3) is 0 Å². The van der Waals surface area contributed by atoms with Crippen molar-refractivity contribution >= 4 is 21.7 Å². The van der Waals surface area contributed by atoms with Crippen molar-refractivity contribution in [3.8, 4) is 0 Å². The van der Waals surface area contributed by atoms with Gasteiger partial charge in [0.1, 0.15) is 5.82 Å². The lowest BCUT2D eigenvalue weighted by atomic mass is 10.1. The van der Waals surface area contributed by atoms with E-state index in [2.05, 4.69) is 39.2 Å². The van der Waals surface area contributed by atoms with E-state index in [0.29, 0.717) is 6.04 Å². The smallest absolute Gasteiger partial charge is 0.129 e. The number of rotatable bonds is 2. The molecule has 2 saturated carbocycles. The fourth-order valence-electron chi connectivity index (χ4n) is 2.72. The van der Waals surface area contributed by atoms with Crippen LogP contribution in [0.15, 0.2) is 16.7 Å². The number of hydrogen-bond acceptors (Lipinski definition) is 2. The normalized spacial score (nSPS) is 32.5. The Hall–Kier alpha value is -0.570. The third-order valence-corrected chi connectivity index (χ3v) is 4.06. The van der Waals surface area contributed by atoms with Gasteiger partial charge in [0.2, 0.25) is 0 Å². The molecule has 1 aromatic rings. The molecule has 0 bridgehead atoms. The third-order valence-electron chi connectivity index (χ3n) is 3.63. The van der Waals surface area contributed by atoms with Crippen molar-refractivity contribution in [1.82, 2.24) is 4.98 Å². The maximum Gasteiger partial charge on any atom is 0.129 e. The maximum absolute atomic E-state index is 4.42. The molecule has 3 heteroatoms. The standard InChI is InChI=1S/C12H15BrN2/c1-7-2-10(13)6-14-12(7)15-11-4-8-3-9(8)5-11/h2,6,8-9,11H,3-5H2,1H3,(H,14,15). The van der Waals surface area contributed by atoms with E-state index in [1.54, 1.807) is 0 Å². The zero-order valence-corrected chi connectivity index (χ0v) is 10.4. The first kappa shape index (κ1) is 9.64. The molecule has 2 unspecified atom stereocenters. The number of fused-ring (bicyclic) bond motifs is 1. The summed E-state index contributed by atoms with van der Waals surface area (Å²) in [7, 11) is 0. The van der Waals surface area contributed by atoms with E-state index in [1.807, 2.05) is 6.20 Å². The van der Waals surface area contributed by atoms with Crippen LogP contribution in [0, 0.1) is 18.8 Å². The molecule has 1 N–H and O–H groups in total. The first-order valence-corrected chi connectivity index (χ1v) is 6.40. The van der Waals surface area contributed by atoms with Crippen molar-refractivity contribution in [2.75, 3.05) is 5.32 Å². The van der Waals surface area contributed by atoms with Crippen LogP contribution >= 0.6 is 15.9 Å². The van der Waals surface area contributed by atoms with E-state index < -0.39 is 0 Å². The second-order valence-corrected chi connectivity index (χ2v) is 5.80. The summed E-state index contributed by atoms with van der Waals surface area (Å²) in [6.07, 6.45) is 6.04. The number of halogens is 1. The van der Waals surface area contributed by atoms with E-state index in [1.165, 1.54) is 24.8 Å². The molecule has 0 spiro atoms. The van der Waals surface area contributed by atoms with Gasteiger partial charge in [0, 0.05) is 16.7 Å². The van der Waals surface area contributed by atoms with Crippen molar-refractivity contribution in [2.45, 2.75) is 32.2 Å². The number of aryl methyl sites for hydroxylation is 1. The number of nitrogens with zero attached hydrogens (tertiary/aromatic N) is 1. The molecule has 2 aliphatic rings. The van der Waals surface area contributed by atoms with Gasteiger partial charge in [-0.3, -0.25) is 0 Å². The molecule has 80 valence electrons. The average Bonchev–Trinajstić information content (AvgIpc) is 2.79. The molecule has 0 saturated heterocycles. The van der Waals surface area contributed by atoms with E-state index in [0.717, 1.165) is 22.1 Å². The fourth-order valence-corrected chi connectivity index (χ4v) is 3.16. The molecule has 0 aliphatic heterocycles. The van der Waals surface area contributed by atoms with Crippen LogP contribution < -0.4 is 5.32 Å². The van der Waals surface area contributed by atoms with Crippen LogP contribution in [0.2, 0.25) is 0 Å². The van der Waals surface area contributed by atoms with E-state index >= 15 is 0 Å². The first-order valence-electron chi connectivity index (χ1n) is 5.61. The minimum absolute atomic E-state index is 0.668. The molecule has 2 atom stereocenters. The molecule has 0 amide bonds. The molecule has 0 aromatic carbocycles. The summed E-state index contributed by atoms with van der Waals surface area (Å²) >= 11 is 3.44. The van der Waals surface area contributed by atoms with E-state index in [-0.39, 0.29) is 0 Å². The molecule has 2 fully saturated rings. The van der Waals surface area contributed by atoms with Gasteiger partial charge >= 0.3 is 0 Å². The summed E-state index contributed by atoms with van der Waals surface area (Å²) in [6.45, 7) is 2.11. The number of aromatic nitrogens is 1. The Balaban J connectivity index is 1.71. The van der Waals surface area contributed by atoms with Crippen molar-refractivity contribution in [1.29, 1.82) is 0 Å². The SMILES string of the molecule is Cc1cc(Br)cnc1NC1CC2CC2C1. The minimum atomic E-state index is 0.668. The Labute approximate surface area is 98.6 Å². The van der Waals surface area contributed by atoms with Gasteiger partial charge in [0.15, 0.2) is 0 Å². The van der Waals surface area contributed by atoms with Crippen molar-refractivity contribution in [3.63, 3.8) is 0 Å². The summed E-state index contributed by atoms with van der Waals surface area (Å²) in [6, 6.07) is 2.78. The largest absolute Gasteiger partial charge is 0.367 e. The predicted octanol–water partition coefficient (Wildman–Crippen LogP) is 3.36. The Morgan fingerprint density at radius 1 is 1.33 bits per heavy atom. The zero-order chi connectivity index (χ0) is 10.4.